The fourth-order valence-electron chi connectivity index (χ4n) is 5.14. The number of rotatable bonds is 11. The number of aryl methyl sites for hydroxylation is 1. The fraction of sp³-hybridized carbons (Fsp3) is 0.0500. The molecule has 256 valence electrons. The van der Waals surface area contributed by atoms with Gasteiger partial charge in [0.2, 0.25) is 9.84 Å². The van der Waals surface area contributed by atoms with Crippen LogP contribution in [0.2, 0.25) is 0 Å². The van der Waals surface area contributed by atoms with E-state index in [0.29, 0.717) is 22.8 Å². The average Bonchev–Trinajstić information content (AvgIpc) is 3.12. The molecule has 0 atom stereocenters. The summed E-state index contributed by atoms with van der Waals surface area (Å²) in [5.74, 6) is 4.77. The summed E-state index contributed by atoms with van der Waals surface area (Å²) in [5, 5.41) is 0. The molecule has 0 amide bonds. The Bertz CT molecular complexity index is 2450. The lowest BCUT2D eigenvalue weighted by Gasteiger charge is -2.13. The van der Waals surface area contributed by atoms with Crippen molar-refractivity contribution in [3.63, 3.8) is 0 Å². The minimum Gasteiger partial charge on any atom is -0.497 e. The van der Waals surface area contributed by atoms with Crippen molar-refractivity contribution in [2.45, 2.75) is 21.6 Å². The van der Waals surface area contributed by atoms with Gasteiger partial charge in [-0.05, 0) is 127 Å². The Morgan fingerprint density at radius 3 is 1.53 bits per heavy atom. The third-order valence-corrected chi connectivity index (χ3v) is 10.3. The van der Waals surface area contributed by atoms with Gasteiger partial charge in [0.05, 0.1) is 16.9 Å². The van der Waals surface area contributed by atoms with E-state index in [-0.39, 0.29) is 27.0 Å². The van der Waals surface area contributed by atoms with Crippen molar-refractivity contribution in [3.8, 4) is 63.7 Å². The molecule has 0 aliphatic heterocycles. The molecule has 0 fully saturated rings. The highest BCUT2D eigenvalue weighted by Gasteiger charge is 2.21. The zero-order valence-electron chi connectivity index (χ0n) is 27.3. The van der Waals surface area contributed by atoms with Gasteiger partial charge in [0.1, 0.15) is 45.1 Å². The van der Waals surface area contributed by atoms with Crippen molar-refractivity contribution >= 4 is 20.0 Å². The summed E-state index contributed by atoms with van der Waals surface area (Å²) in [7, 11) is -7.04. The van der Waals surface area contributed by atoms with E-state index in [2.05, 4.69) is 5.92 Å². The van der Waals surface area contributed by atoms with Crippen LogP contribution < -0.4 is 18.9 Å². The van der Waals surface area contributed by atoms with Crippen LogP contribution in [0.25, 0.3) is 11.1 Å². The van der Waals surface area contributed by atoms with Crippen LogP contribution in [0.4, 0.5) is 0 Å². The van der Waals surface area contributed by atoms with Gasteiger partial charge in [-0.1, -0.05) is 30.2 Å². The molecule has 11 heteroatoms. The van der Waals surface area contributed by atoms with Gasteiger partial charge in [0, 0.05) is 11.6 Å². The molecule has 1 N–H and O–H groups in total. The van der Waals surface area contributed by atoms with Crippen molar-refractivity contribution < 1.29 is 40.3 Å². The lowest BCUT2D eigenvalue weighted by molar-refractivity contribution is 0.415. The summed E-state index contributed by atoms with van der Waals surface area (Å²) in [6.45, 7) is 1.84. The lowest BCUT2D eigenvalue weighted by atomic mass is 10.1. The molecule has 9 nitrogen and oxygen atoms in total. The zero-order chi connectivity index (χ0) is 36.2. The minimum absolute atomic E-state index is 0.0131. The molecule has 0 aromatic heterocycles. The third-order valence-electron chi connectivity index (χ3n) is 7.66. The molecule has 0 spiro atoms. The second-order valence-electron chi connectivity index (χ2n) is 11.3. The van der Waals surface area contributed by atoms with Crippen LogP contribution >= 0.6 is 0 Å². The number of hydrogen-bond acceptors (Lipinski definition) is 8. The Balaban J connectivity index is 1.13. The lowest BCUT2D eigenvalue weighted by Crippen LogP contribution is -2.03. The Kier molecular flexibility index (Phi) is 9.84. The van der Waals surface area contributed by atoms with Crippen LogP contribution in [0, 0.1) is 19.3 Å². The summed E-state index contributed by atoms with van der Waals surface area (Å²) in [4.78, 5) is -0.511. The summed E-state index contributed by atoms with van der Waals surface area (Å²) in [6.07, 6.45) is 5.49. The van der Waals surface area contributed by atoms with Gasteiger partial charge in [-0.3, -0.25) is 4.55 Å². The Labute approximate surface area is 296 Å². The molecular weight excluding hydrogens is 689 g/mol. The van der Waals surface area contributed by atoms with Crippen LogP contribution in [0.3, 0.4) is 0 Å². The topological polar surface area (TPSA) is 125 Å². The normalized spacial score (nSPS) is 11.3. The summed E-state index contributed by atoms with van der Waals surface area (Å²) >= 11 is 0. The van der Waals surface area contributed by atoms with Crippen LogP contribution in [-0.2, 0) is 20.0 Å². The summed E-state index contributed by atoms with van der Waals surface area (Å²) in [5.41, 5.74) is 3.46. The predicted octanol–water partition coefficient (Wildman–Crippen LogP) is 9.11. The number of terminal acetylenes is 1. The van der Waals surface area contributed by atoms with Crippen LogP contribution in [0.1, 0.15) is 11.1 Å². The van der Waals surface area contributed by atoms with Gasteiger partial charge in [0.25, 0.3) is 10.1 Å². The maximum Gasteiger partial charge on any atom is 0.298 e. The zero-order valence-corrected chi connectivity index (χ0v) is 28.9. The molecule has 0 bridgehead atoms. The first kappa shape index (κ1) is 34.8. The molecule has 0 saturated heterocycles. The molecule has 0 aliphatic rings. The van der Waals surface area contributed by atoms with Crippen molar-refractivity contribution in [1.82, 2.24) is 0 Å². The first-order valence-electron chi connectivity index (χ1n) is 15.3. The number of ether oxygens (including phenoxy) is 4. The molecule has 6 aromatic rings. The Morgan fingerprint density at radius 1 is 0.549 bits per heavy atom. The van der Waals surface area contributed by atoms with Crippen LogP contribution in [-0.4, -0.2) is 28.5 Å². The molecule has 6 rings (SSSR count). The molecule has 0 heterocycles. The van der Waals surface area contributed by atoms with Crippen LogP contribution in [0.15, 0.2) is 148 Å². The van der Waals surface area contributed by atoms with E-state index in [9.17, 15) is 21.4 Å². The molecule has 0 aliphatic carbocycles. The van der Waals surface area contributed by atoms with E-state index >= 15 is 0 Å². The average molecular weight is 719 g/mol. The van der Waals surface area contributed by atoms with E-state index < -0.39 is 24.9 Å². The smallest absolute Gasteiger partial charge is 0.298 e. The number of hydrogen-bond donors (Lipinski definition) is 1. The second-order valence-corrected chi connectivity index (χ2v) is 14.6. The van der Waals surface area contributed by atoms with E-state index in [0.717, 1.165) is 28.5 Å². The van der Waals surface area contributed by atoms with E-state index in [4.69, 9.17) is 25.4 Å². The summed E-state index contributed by atoms with van der Waals surface area (Å²) in [6, 6.07) is 35.7. The molecular formula is C40H30O9S2. The Hall–Kier alpha value is -6.06. The molecule has 6 aromatic carbocycles. The number of benzene rings is 6. The largest absolute Gasteiger partial charge is 0.497 e. The molecule has 51 heavy (non-hydrogen) atoms. The first-order chi connectivity index (χ1) is 24.4. The monoisotopic (exact) mass is 718 g/mol. The standard InChI is InChI=1S/C40H30O9S2/c1-4-28-23-27(2)24-36(25-28)48-35-17-22-39(40(26-35)51(43,44)45)49-34-15-20-38(21-16-34)50(41,42)37-18-13-33(14-19-37)47-32-11-7-30(8-12-32)29-5-9-31(46-3)10-6-29/h1,5-26H,2-3H3,(H,43,44,45). The Morgan fingerprint density at radius 2 is 1.02 bits per heavy atom. The van der Waals surface area contributed by atoms with Crippen molar-refractivity contribution in [1.29, 1.82) is 0 Å². The quantitative estimate of drug-likeness (QED) is 0.103. The maximum absolute atomic E-state index is 13.4. The van der Waals surface area contributed by atoms with Gasteiger partial charge in [-0.25, -0.2) is 8.42 Å². The maximum atomic E-state index is 13.4. The van der Waals surface area contributed by atoms with Gasteiger partial charge >= 0.3 is 0 Å². The molecule has 0 unspecified atom stereocenters. The van der Waals surface area contributed by atoms with E-state index in [1.54, 1.807) is 37.4 Å². The molecule has 0 saturated carbocycles. The number of sulfone groups is 1. The highest BCUT2D eigenvalue weighted by molar-refractivity contribution is 7.91. The SMILES string of the molecule is C#Cc1cc(C)cc(Oc2ccc(Oc3ccc(S(=O)(=O)c4ccc(Oc5ccc(-c6ccc(OC)cc6)cc5)cc4)cc3)c(S(=O)(=O)O)c2)c1. The van der Waals surface area contributed by atoms with Gasteiger partial charge in [0.15, 0.2) is 0 Å². The van der Waals surface area contributed by atoms with E-state index in [1.807, 2.05) is 55.5 Å². The highest BCUT2D eigenvalue weighted by Crippen LogP contribution is 2.35. The van der Waals surface area contributed by atoms with Gasteiger partial charge < -0.3 is 18.9 Å². The third kappa shape index (κ3) is 8.22. The van der Waals surface area contributed by atoms with Crippen molar-refractivity contribution in [2.24, 2.45) is 0 Å². The van der Waals surface area contributed by atoms with Gasteiger partial charge in [-0.2, -0.15) is 8.42 Å². The minimum atomic E-state index is -4.74. The van der Waals surface area contributed by atoms with E-state index in [1.165, 1.54) is 48.5 Å². The highest BCUT2D eigenvalue weighted by atomic mass is 32.2. The fourth-order valence-corrected chi connectivity index (χ4v) is 7.03. The number of methoxy groups -OCH3 is 1. The van der Waals surface area contributed by atoms with Crippen molar-refractivity contribution in [3.05, 3.63) is 145 Å². The second kappa shape index (κ2) is 14.4. The summed E-state index contributed by atoms with van der Waals surface area (Å²) < 4.78 is 83.9. The molecule has 0 radical (unpaired) electrons. The first-order valence-corrected chi connectivity index (χ1v) is 18.3. The van der Waals surface area contributed by atoms with Crippen molar-refractivity contribution in [2.75, 3.05) is 7.11 Å². The van der Waals surface area contributed by atoms with Crippen LogP contribution in [0.5, 0.6) is 40.2 Å². The van der Waals surface area contributed by atoms with Gasteiger partial charge in [-0.15, -0.1) is 6.42 Å². The predicted molar refractivity (Wildman–Crippen MR) is 192 cm³/mol.